The van der Waals surface area contributed by atoms with E-state index >= 15 is 0 Å². The van der Waals surface area contributed by atoms with Gasteiger partial charge in [0.1, 0.15) is 17.0 Å². The lowest BCUT2D eigenvalue weighted by atomic mass is 10.2. The van der Waals surface area contributed by atoms with Crippen molar-refractivity contribution in [3.63, 3.8) is 0 Å². The van der Waals surface area contributed by atoms with E-state index in [0.29, 0.717) is 6.54 Å². The van der Waals surface area contributed by atoms with Crippen molar-refractivity contribution >= 4 is 39.4 Å². The molecule has 128 valence electrons. The molecule has 0 saturated carbocycles. The van der Waals surface area contributed by atoms with Crippen molar-refractivity contribution in [2.75, 3.05) is 24.6 Å². The largest absolute Gasteiger partial charge is 0.450 e. The molecule has 2 aromatic heterocycles. The number of rotatable bonds is 5. The minimum Gasteiger partial charge on any atom is -0.450 e. The van der Waals surface area contributed by atoms with Crippen LogP contribution in [-0.4, -0.2) is 41.7 Å². The lowest BCUT2D eigenvalue weighted by molar-refractivity contribution is -0.119. The standard InChI is InChI=1S/C16H20N4O3S/c1-3-20(8-12(21)19-16(22)23-4-2)14-13-10-6-5-7-11(10)24-15(13)18-9-17-14/h9H,3-8H2,1-2H3,(H,19,21,22). The molecular weight excluding hydrogens is 328 g/mol. The molecule has 24 heavy (non-hydrogen) atoms. The summed E-state index contributed by atoms with van der Waals surface area (Å²) < 4.78 is 4.74. The van der Waals surface area contributed by atoms with Crippen molar-refractivity contribution in [2.24, 2.45) is 0 Å². The molecule has 0 radical (unpaired) electrons. The van der Waals surface area contributed by atoms with Crippen LogP contribution in [0.25, 0.3) is 10.2 Å². The molecular formula is C16H20N4O3S. The number of nitrogens with zero attached hydrogens (tertiary/aromatic N) is 3. The Hall–Kier alpha value is -2.22. The van der Waals surface area contributed by atoms with Gasteiger partial charge in [0.15, 0.2) is 0 Å². The van der Waals surface area contributed by atoms with Gasteiger partial charge in [0.2, 0.25) is 5.91 Å². The number of hydrogen-bond donors (Lipinski definition) is 1. The van der Waals surface area contributed by atoms with Crippen LogP contribution in [0.1, 0.15) is 30.7 Å². The van der Waals surface area contributed by atoms with Gasteiger partial charge in [-0.2, -0.15) is 0 Å². The summed E-state index contributed by atoms with van der Waals surface area (Å²) in [6, 6.07) is 0. The van der Waals surface area contributed by atoms with Crippen LogP contribution in [0.15, 0.2) is 6.33 Å². The Morgan fingerprint density at radius 3 is 2.92 bits per heavy atom. The molecule has 7 nitrogen and oxygen atoms in total. The molecule has 1 aliphatic carbocycles. The summed E-state index contributed by atoms with van der Waals surface area (Å²) >= 11 is 1.71. The van der Waals surface area contributed by atoms with Gasteiger partial charge in [-0.15, -0.1) is 11.3 Å². The number of carbonyl (C=O) groups excluding carboxylic acids is 2. The summed E-state index contributed by atoms with van der Waals surface area (Å²) in [5.41, 5.74) is 1.31. The third kappa shape index (κ3) is 3.19. The Morgan fingerprint density at radius 2 is 2.17 bits per heavy atom. The fraction of sp³-hybridized carbons (Fsp3) is 0.500. The average Bonchev–Trinajstić information content (AvgIpc) is 3.13. The molecule has 0 fully saturated rings. The second-order valence-electron chi connectivity index (χ2n) is 5.52. The van der Waals surface area contributed by atoms with Crippen molar-refractivity contribution in [3.05, 3.63) is 16.8 Å². The van der Waals surface area contributed by atoms with Crippen molar-refractivity contribution in [1.29, 1.82) is 0 Å². The minimum absolute atomic E-state index is 0.0477. The van der Waals surface area contributed by atoms with Gasteiger partial charge in [-0.05, 0) is 38.7 Å². The Morgan fingerprint density at radius 1 is 1.33 bits per heavy atom. The smallest absolute Gasteiger partial charge is 0.413 e. The summed E-state index contributed by atoms with van der Waals surface area (Å²) in [6.07, 6.45) is 4.09. The summed E-state index contributed by atoms with van der Waals surface area (Å²) in [7, 11) is 0. The van der Waals surface area contributed by atoms with E-state index in [4.69, 9.17) is 4.74 Å². The third-order valence-corrected chi connectivity index (χ3v) is 5.21. The summed E-state index contributed by atoms with van der Waals surface area (Å²) in [5.74, 6) is 0.356. The number of ether oxygens (including phenoxy) is 1. The number of likely N-dealkylation sites (N-methyl/N-ethyl adjacent to an activating group) is 1. The van der Waals surface area contributed by atoms with Gasteiger partial charge >= 0.3 is 6.09 Å². The molecule has 0 aromatic carbocycles. The third-order valence-electron chi connectivity index (χ3n) is 4.01. The SMILES string of the molecule is CCOC(=O)NC(=O)CN(CC)c1ncnc2sc3c(c12)CCC3. The van der Waals surface area contributed by atoms with Crippen LogP contribution in [0.5, 0.6) is 0 Å². The molecule has 1 N–H and O–H groups in total. The molecule has 2 aromatic rings. The molecule has 0 saturated heterocycles. The molecule has 0 aliphatic heterocycles. The number of anilines is 1. The minimum atomic E-state index is -0.720. The average molecular weight is 348 g/mol. The molecule has 3 rings (SSSR count). The van der Waals surface area contributed by atoms with E-state index in [1.165, 1.54) is 16.8 Å². The topological polar surface area (TPSA) is 84.4 Å². The highest BCUT2D eigenvalue weighted by Gasteiger charge is 2.24. The summed E-state index contributed by atoms with van der Waals surface area (Å²) in [5, 5.41) is 3.28. The highest BCUT2D eigenvalue weighted by molar-refractivity contribution is 7.19. The van der Waals surface area contributed by atoms with Crippen LogP contribution in [-0.2, 0) is 22.4 Å². The van der Waals surface area contributed by atoms with Crippen LogP contribution in [0.4, 0.5) is 10.6 Å². The number of imide groups is 1. The normalized spacial score (nSPS) is 12.9. The Kier molecular flexibility index (Phi) is 4.94. The van der Waals surface area contributed by atoms with Crippen LogP contribution in [0.3, 0.4) is 0 Å². The number of aromatic nitrogens is 2. The zero-order valence-corrected chi connectivity index (χ0v) is 14.6. The summed E-state index contributed by atoms with van der Waals surface area (Å²) in [6.45, 7) is 4.53. The monoisotopic (exact) mass is 348 g/mol. The first-order chi connectivity index (χ1) is 11.6. The van der Waals surface area contributed by atoms with Gasteiger partial charge in [-0.25, -0.2) is 14.8 Å². The van der Waals surface area contributed by atoms with Gasteiger partial charge < -0.3 is 9.64 Å². The predicted molar refractivity (Wildman–Crippen MR) is 92.5 cm³/mol. The molecule has 0 spiro atoms. The van der Waals surface area contributed by atoms with Crippen molar-refractivity contribution in [2.45, 2.75) is 33.1 Å². The number of hydrogen-bond acceptors (Lipinski definition) is 7. The zero-order chi connectivity index (χ0) is 17.1. The first-order valence-corrected chi connectivity index (χ1v) is 8.92. The molecule has 2 amide bonds. The predicted octanol–water partition coefficient (Wildman–Crippen LogP) is 2.28. The second-order valence-corrected chi connectivity index (χ2v) is 6.60. The quantitative estimate of drug-likeness (QED) is 0.892. The number of fused-ring (bicyclic) bond motifs is 3. The number of alkyl carbamates (subject to hydrolysis) is 1. The van der Waals surface area contributed by atoms with E-state index in [1.54, 1.807) is 18.3 Å². The lowest BCUT2D eigenvalue weighted by Gasteiger charge is -2.22. The van der Waals surface area contributed by atoms with E-state index < -0.39 is 12.0 Å². The molecule has 2 heterocycles. The Balaban J connectivity index is 1.85. The van der Waals surface area contributed by atoms with E-state index in [9.17, 15) is 9.59 Å². The number of aryl methyl sites for hydroxylation is 2. The Bertz CT molecular complexity index is 774. The maximum absolute atomic E-state index is 12.1. The number of carbonyl (C=O) groups is 2. The molecule has 8 heteroatoms. The van der Waals surface area contributed by atoms with Gasteiger partial charge in [0.25, 0.3) is 0 Å². The number of thiophene rings is 1. The molecule has 0 bridgehead atoms. The fourth-order valence-electron chi connectivity index (χ4n) is 2.98. The zero-order valence-electron chi connectivity index (χ0n) is 13.8. The second kappa shape index (κ2) is 7.12. The highest BCUT2D eigenvalue weighted by Crippen LogP contribution is 2.39. The van der Waals surface area contributed by atoms with Crippen molar-refractivity contribution < 1.29 is 14.3 Å². The molecule has 1 aliphatic rings. The molecule has 0 unspecified atom stereocenters. The lowest BCUT2D eigenvalue weighted by Crippen LogP contribution is -2.40. The number of amides is 2. The van der Waals surface area contributed by atoms with Crippen molar-refractivity contribution in [3.8, 4) is 0 Å². The first-order valence-electron chi connectivity index (χ1n) is 8.10. The van der Waals surface area contributed by atoms with E-state index in [-0.39, 0.29) is 13.2 Å². The van der Waals surface area contributed by atoms with Gasteiger partial charge in [-0.1, -0.05) is 0 Å². The summed E-state index contributed by atoms with van der Waals surface area (Å²) in [4.78, 5) is 36.5. The Labute approximate surface area is 144 Å². The van der Waals surface area contributed by atoms with Gasteiger partial charge in [0, 0.05) is 11.4 Å². The maximum Gasteiger partial charge on any atom is 0.413 e. The maximum atomic E-state index is 12.1. The number of nitrogens with one attached hydrogen (secondary N) is 1. The van der Waals surface area contributed by atoms with Crippen LogP contribution >= 0.6 is 11.3 Å². The van der Waals surface area contributed by atoms with Crippen LogP contribution < -0.4 is 10.2 Å². The van der Waals surface area contributed by atoms with Crippen LogP contribution in [0.2, 0.25) is 0 Å². The van der Waals surface area contributed by atoms with Crippen LogP contribution in [0, 0.1) is 0 Å². The molecule has 0 atom stereocenters. The van der Waals surface area contributed by atoms with E-state index in [1.807, 2.05) is 11.8 Å². The highest BCUT2D eigenvalue weighted by atomic mass is 32.1. The van der Waals surface area contributed by atoms with Gasteiger partial charge in [0.05, 0.1) is 18.5 Å². The fourth-order valence-corrected chi connectivity index (χ4v) is 4.21. The first kappa shape index (κ1) is 16.6. The van der Waals surface area contributed by atoms with Crippen molar-refractivity contribution in [1.82, 2.24) is 15.3 Å². The van der Waals surface area contributed by atoms with E-state index in [0.717, 1.165) is 35.3 Å². The van der Waals surface area contributed by atoms with Gasteiger partial charge in [-0.3, -0.25) is 10.1 Å². The van der Waals surface area contributed by atoms with E-state index in [2.05, 4.69) is 15.3 Å².